The third-order valence-electron chi connectivity index (χ3n) is 5.18. The smallest absolute Gasteiger partial charge is 0.223 e. The summed E-state index contributed by atoms with van der Waals surface area (Å²) in [6.07, 6.45) is 2.72. The maximum absolute atomic E-state index is 12.7. The van der Waals surface area contributed by atoms with E-state index in [-0.39, 0.29) is 5.91 Å². The lowest BCUT2D eigenvalue weighted by molar-refractivity contribution is -0.130. The maximum Gasteiger partial charge on any atom is 0.223 e. The summed E-state index contributed by atoms with van der Waals surface area (Å²) in [5.74, 6) is 1.69. The van der Waals surface area contributed by atoms with Gasteiger partial charge in [0.1, 0.15) is 11.5 Å². The van der Waals surface area contributed by atoms with Crippen LogP contribution in [-0.2, 0) is 17.8 Å². The number of methoxy groups -OCH3 is 1. The summed E-state index contributed by atoms with van der Waals surface area (Å²) in [5.41, 5.74) is 4.36. The summed E-state index contributed by atoms with van der Waals surface area (Å²) < 4.78 is 10.6. The summed E-state index contributed by atoms with van der Waals surface area (Å²) in [6.45, 7) is 0.477. The number of aromatic amines is 1. The maximum atomic E-state index is 12.7. The molecule has 2 aromatic heterocycles. The Labute approximate surface area is 169 Å². The topological polar surface area (TPSA) is 58.5 Å². The highest BCUT2D eigenvalue weighted by molar-refractivity contribution is 5.91. The van der Waals surface area contributed by atoms with E-state index in [0.717, 1.165) is 39.2 Å². The van der Waals surface area contributed by atoms with Gasteiger partial charge in [0, 0.05) is 30.1 Å². The van der Waals surface area contributed by atoms with Gasteiger partial charge in [0.15, 0.2) is 0 Å². The monoisotopic (exact) mass is 388 g/mol. The van der Waals surface area contributed by atoms with Gasteiger partial charge in [0.05, 0.1) is 19.9 Å². The first-order chi connectivity index (χ1) is 14.2. The molecule has 0 aliphatic carbocycles. The van der Waals surface area contributed by atoms with Gasteiger partial charge in [-0.25, -0.2) is 0 Å². The summed E-state index contributed by atoms with van der Waals surface area (Å²) in [4.78, 5) is 17.9. The molecule has 4 rings (SSSR count). The van der Waals surface area contributed by atoms with Gasteiger partial charge in [-0.1, -0.05) is 18.2 Å². The summed E-state index contributed by atoms with van der Waals surface area (Å²) in [6, 6.07) is 19.9. The Bertz CT molecular complexity index is 1100. The largest absolute Gasteiger partial charge is 0.497 e. The average molecular weight is 388 g/mol. The zero-order chi connectivity index (χ0) is 20.2. The first-order valence-electron chi connectivity index (χ1n) is 9.66. The fourth-order valence-electron chi connectivity index (χ4n) is 3.61. The number of H-pyrrole nitrogens is 1. The first kappa shape index (κ1) is 18.9. The predicted molar refractivity (Wildman–Crippen MR) is 114 cm³/mol. The highest BCUT2D eigenvalue weighted by Gasteiger charge is 2.16. The van der Waals surface area contributed by atoms with E-state index < -0.39 is 0 Å². The SMILES string of the molecule is COc1ccc(-c2[nH]c3ccccc3c2CCC(=O)N(C)Cc2ccco2)cc1. The molecule has 0 radical (unpaired) electrons. The highest BCUT2D eigenvalue weighted by Crippen LogP contribution is 2.32. The molecule has 0 spiro atoms. The lowest BCUT2D eigenvalue weighted by Crippen LogP contribution is -2.26. The minimum absolute atomic E-state index is 0.0902. The van der Waals surface area contributed by atoms with Crippen molar-refractivity contribution in [2.75, 3.05) is 14.2 Å². The number of aryl methyl sites for hydroxylation is 1. The molecule has 5 heteroatoms. The Morgan fingerprint density at radius 3 is 2.59 bits per heavy atom. The van der Waals surface area contributed by atoms with Crippen LogP contribution in [0.2, 0.25) is 0 Å². The van der Waals surface area contributed by atoms with E-state index in [1.807, 2.05) is 55.6 Å². The summed E-state index contributed by atoms with van der Waals surface area (Å²) in [5, 5.41) is 1.15. The van der Waals surface area contributed by atoms with Crippen molar-refractivity contribution in [1.29, 1.82) is 0 Å². The van der Waals surface area contributed by atoms with E-state index in [4.69, 9.17) is 9.15 Å². The number of nitrogens with zero attached hydrogens (tertiary/aromatic N) is 1. The number of nitrogens with one attached hydrogen (secondary N) is 1. The van der Waals surface area contributed by atoms with Crippen molar-refractivity contribution in [2.24, 2.45) is 0 Å². The molecular formula is C24H24N2O3. The minimum atomic E-state index is 0.0902. The molecule has 0 aliphatic rings. The van der Waals surface area contributed by atoms with Gasteiger partial charge >= 0.3 is 0 Å². The lowest BCUT2D eigenvalue weighted by atomic mass is 10.0. The van der Waals surface area contributed by atoms with Gasteiger partial charge < -0.3 is 19.0 Å². The summed E-state index contributed by atoms with van der Waals surface area (Å²) >= 11 is 0. The number of benzene rings is 2. The number of ether oxygens (including phenoxy) is 1. The van der Waals surface area contributed by atoms with Gasteiger partial charge in [0.2, 0.25) is 5.91 Å². The van der Waals surface area contributed by atoms with Crippen LogP contribution >= 0.6 is 0 Å². The molecule has 2 heterocycles. The fraction of sp³-hybridized carbons (Fsp3) is 0.208. The molecule has 0 bridgehead atoms. The van der Waals surface area contributed by atoms with Crippen LogP contribution in [0.5, 0.6) is 5.75 Å². The van der Waals surface area contributed by atoms with Crippen LogP contribution in [0.4, 0.5) is 0 Å². The average Bonchev–Trinajstić information content (AvgIpc) is 3.39. The summed E-state index contributed by atoms with van der Waals surface area (Å²) in [7, 11) is 3.47. The fourth-order valence-corrected chi connectivity index (χ4v) is 3.61. The molecule has 2 aromatic carbocycles. The van der Waals surface area contributed by atoms with Gasteiger partial charge in [-0.05, 0) is 60.0 Å². The van der Waals surface area contributed by atoms with Gasteiger partial charge in [0.25, 0.3) is 0 Å². The molecule has 5 nitrogen and oxygen atoms in total. The van der Waals surface area contributed by atoms with Crippen molar-refractivity contribution in [2.45, 2.75) is 19.4 Å². The lowest BCUT2D eigenvalue weighted by Gasteiger charge is -2.16. The number of para-hydroxylation sites is 1. The Kier molecular flexibility index (Phi) is 5.38. The Morgan fingerprint density at radius 2 is 1.86 bits per heavy atom. The predicted octanol–water partition coefficient (Wildman–Crippen LogP) is 5.03. The number of carbonyl (C=O) groups excluding carboxylic acids is 1. The molecule has 4 aromatic rings. The third-order valence-corrected chi connectivity index (χ3v) is 5.18. The second-order valence-corrected chi connectivity index (χ2v) is 7.08. The highest BCUT2D eigenvalue weighted by atomic mass is 16.5. The van der Waals surface area contributed by atoms with Crippen molar-refractivity contribution in [1.82, 2.24) is 9.88 Å². The number of carbonyl (C=O) groups is 1. The van der Waals surface area contributed by atoms with Gasteiger partial charge in [-0.3, -0.25) is 4.79 Å². The van der Waals surface area contributed by atoms with Crippen molar-refractivity contribution >= 4 is 16.8 Å². The minimum Gasteiger partial charge on any atom is -0.497 e. The molecule has 29 heavy (non-hydrogen) atoms. The molecule has 0 unspecified atom stereocenters. The van der Waals surface area contributed by atoms with Crippen LogP contribution < -0.4 is 4.74 Å². The molecule has 0 atom stereocenters. The first-order valence-corrected chi connectivity index (χ1v) is 9.66. The number of rotatable bonds is 7. The van der Waals surface area contributed by atoms with E-state index in [1.54, 1.807) is 18.3 Å². The van der Waals surface area contributed by atoms with E-state index >= 15 is 0 Å². The van der Waals surface area contributed by atoms with Crippen LogP contribution in [0, 0.1) is 0 Å². The molecular weight excluding hydrogens is 364 g/mol. The number of amides is 1. The van der Waals surface area contributed by atoms with E-state index in [9.17, 15) is 4.79 Å². The standard InChI is InChI=1S/C24H24N2O3/c1-26(16-19-6-5-15-29-19)23(27)14-13-21-20-7-3-4-8-22(20)25-24(21)17-9-11-18(28-2)12-10-17/h3-12,15,25H,13-14,16H2,1-2H3. The number of hydrogen-bond acceptors (Lipinski definition) is 3. The number of furan rings is 1. The quantitative estimate of drug-likeness (QED) is 0.483. The Hall–Kier alpha value is -3.47. The number of aromatic nitrogens is 1. The molecule has 0 aliphatic heterocycles. The van der Waals surface area contributed by atoms with Crippen molar-refractivity contribution in [3.8, 4) is 17.0 Å². The number of hydrogen-bond donors (Lipinski definition) is 1. The third kappa shape index (κ3) is 4.04. The van der Waals surface area contributed by atoms with E-state index in [2.05, 4.69) is 17.1 Å². The molecule has 0 saturated heterocycles. The second kappa shape index (κ2) is 8.27. The normalized spacial score (nSPS) is 11.0. The van der Waals surface area contributed by atoms with Crippen LogP contribution in [0.3, 0.4) is 0 Å². The number of fused-ring (bicyclic) bond motifs is 1. The molecule has 148 valence electrons. The Morgan fingerprint density at radius 1 is 1.07 bits per heavy atom. The van der Waals surface area contributed by atoms with Crippen molar-refractivity contribution in [3.63, 3.8) is 0 Å². The Balaban J connectivity index is 1.57. The molecule has 0 saturated carbocycles. The molecule has 1 N–H and O–H groups in total. The van der Waals surface area contributed by atoms with E-state index in [0.29, 0.717) is 19.4 Å². The van der Waals surface area contributed by atoms with Crippen LogP contribution in [0.15, 0.2) is 71.3 Å². The molecule has 1 amide bonds. The van der Waals surface area contributed by atoms with Gasteiger partial charge in [-0.2, -0.15) is 0 Å². The van der Waals surface area contributed by atoms with Crippen molar-refractivity contribution in [3.05, 3.63) is 78.3 Å². The van der Waals surface area contributed by atoms with Crippen molar-refractivity contribution < 1.29 is 13.9 Å². The zero-order valence-electron chi connectivity index (χ0n) is 16.6. The van der Waals surface area contributed by atoms with E-state index in [1.165, 1.54) is 0 Å². The van der Waals surface area contributed by atoms with Crippen LogP contribution in [-0.4, -0.2) is 29.9 Å². The second-order valence-electron chi connectivity index (χ2n) is 7.08. The van der Waals surface area contributed by atoms with Crippen LogP contribution in [0.1, 0.15) is 17.7 Å². The van der Waals surface area contributed by atoms with Crippen LogP contribution in [0.25, 0.3) is 22.2 Å². The molecule has 0 fully saturated rings. The zero-order valence-corrected chi connectivity index (χ0v) is 16.6. The van der Waals surface area contributed by atoms with Gasteiger partial charge in [-0.15, -0.1) is 0 Å².